The Morgan fingerprint density at radius 3 is 2.35 bits per heavy atom. The first-order chi connectivity index (χ1) is 12.5. The summed E-state index contributed by atoms with van der Waals surface area (Å²) in [5.74, 6) is 0.491. The molecule has 0 spiro atoms. The van der Waals surface area contributed by atoms with Crippen molar-refractivity contribution < 1.29 is 17.9 Å². The van der Waals surface area contributed by atoms with Crippen LogP contribution in [0.4, 0.5) is 0 Å². The molecule has 2 aromatic rings. The van der Waals surface area contributed by atoms with Crippen LogP contribution in [0.1, 0.15) is 0 Å². The first-order valence-corrected chi connectivity index (χ1v) is 10.4. The average Bonchev–Trinajstić information content (AvgIpc) is 2.67. The molecule has 0 saturated carbocycles. The minimum Gasteiger partial charge on any atom is -0.484 e. The van der Waals surface area contributed by atoms with Crippen LogP contribution in [0, 0.1) is 0 Å². The number of ether oxygens (including phenoxy) is 1. The molecular formula is C18H19BrN2O4S. The fourth-order valence-corrected chi connectivity index (χ4v) is 4.73. The Morgan fingerprint density at radius 2 is 1.69 bits per heavy atom. The number of halogens is 1. The molecule has 0 bridgehead atoms. The van der Waals surface area contributed by atoms with Gasteiger partial charge in [0.15, 0.2) is 6.61 Å². The highest BCUT2D eigenvalue weighted by Crippen LogP contribution is 2.21. The van der Waals surface area contributed by atoms with Crippen LogP contribution < -0.4 is 4.74 Å². The Labute approximate surface area is 161 Å². The first kappa shape index (κ1) is 18.9. The van der Waals surface area contributed by atoms with Crippen LogP contribution in [0.2, 0.25) is 0 Å². The van der Waals surface area contributed by atoms with E-state index in [4.69, 9.17) is 4.74 Å². The molecule has 1 heterocycles. The second kappa shape index (κ2) is 8.20. The van der Waals surface area contributed by atoms with Crippen LogP contribution in [-0.4, -0.2) is 56.3 Å². The molecule has 138 valence electrons. The molecule has 0 aliphatic carbocycles. The molecule has 26 heavy (non-hydrogen) atoms. The van der Waals surface area contributed by atoms with Gasteiger partial charge in [0.05, 0.1) is 4.90 Å². The molecule has 1 amide bonds. The molecule has 1 aliphatic rings. The second-order valence-corrected chi connectivity index (χ2v) is 8.70. The standard InChI is InChI=1S/C18H19BrN2O4S/c19-15-5-4-8-17(13-15)26(23,24)21-11-9-20(10-12-21)18(22)14-25-16-6-2-1-3-7-16/h1-8,13H,9-12,14H2. The van der Waals surface area contributed by atoms with Crippen molar-refractivity contribution >= 4 is 31.9 Å². The molecule has 0 atom stereocenters. The lowest BCUT2D eigenvalue weighted by atomic mass is 10.3. The van der Waals surface area contributed by atoms with Gasteiger partial charge >= 0.3 is 0 Å². The topological polar surface area (TPSA) is 66.9 Å². The third kappa shape index (κ3) is 4.44. The van der Waals surface area contributed by atoms with Crippen molar-refractivity contribution in [2.24, 2.45) is 0 Å². The van der Waals surface area contributed by atoms with E-state index in [9.17, 15) is 13.2 Å². The lowest BCUT2D eigenvalue weighted by Crippen LogP contribution is -2.51. The van der Waals surface area contributed by atoms with Crippen LogP contribution in [0.3, 0.4) is 0 Å². The number of para-hydroxylation sites is 1. The van der Waals surface area contributed by atoms with Gasteiger partial charge in [0.1, 0.15) is 5.75 Å². The summed E-state index contributed by atoms with van der Waals surface area (Å²) in [6, 6.07) is 15.8. The Kier molecular flexibility index (Phi) is 5.95. The predicted octanol–water partition coefficient (Wildman–Crippen LogP) is 2.36. The van der Waals surface area contributed by atoms with E-state index in [1.165, 1.54) is 4.31 Å². The number of nitrogens with zero attached hydrogens (tertiary/aromatic N) is 2. The molecule has 8 heteroatoms. The summed E-state index contributed by atoms with van der Waals surface area (Å²) in [4.78, 5) is 14.2. The summed E-state index contributed by atoms with van der Waals surface area (Å²) in [5.41, 5.74) is 0. The van der Waals surface area contributed by atoms with Gasteiger partial charge in [-0.05, 0) is 30.3 Å². The predicted molar refractivity (Wildman–Crippen MR) is 101 cm³/mol. The lowest BCUT2D eigenvalue weighted by molar-refractivity contribution is -0.134. The molecule has 0 aromatic heterocycles. The maximum absolute atomic E-state index is 12.7. The Hall–Kier alpha value is -1.90. The number of hydrogen-bond acceptors (Lipinski definition) is 4. The molecule has 6 nitrogen and oxygen atoms in total. The van der Waals surface area contributed by atoms with Gasteiger partial charge in [0, 0.05) is 30.7 Å². The Balaban J connectivity index is 1.56. The normalized spacial score (nSPS) is 15.7. The monoisotopic (exact) mass is 438 g/mol. The quantitative estimate of drug-likeness (QED) is 0.718. The highest BCUT2D eigenvalue weighted by molar-refractivity contribution is 9.10. The summed E-state index contributed by atoms with van der Waals surface area (Å²) in [7, 11) is -3.55. The van der Waals surface area contributed by atoms with E-state index in [-0.39, 0.29) is 30.5 Å². The van der Waals surface area contributed by atoms with E-state index < -0.39 is 10.0 Å². The minimum absolute atomic E-state index is 0.0532. The summed E-state index contributed by atoms with van der Waals surface area (Å²) < 4.78 is 33.0. The minimum atomic E-state index is -3.55. The van der Waals surface area contributed by atoms with Gasteiger partial charge in [-0.1, -0.05) is 40.2 Å². The zero-order chi connectivity index (χ0) is 18.6. The van der Waals surface area contributed by atoms with E-state index in [0.29, 0.717) is 23.3 Å². The third-order valence-electron chi connectivity index (χ3n) is 4.13. The molecule has 0 N–H and O–H groups in total. The first-order valence-electron chi connectivity index (χ1n) is 8.18. The van der Waals surface area contributed by atoms with E-state index in [0.717, 1.165) is 0 Å². The Morgan fingerprint density at radius 1 is 1.00 bits per heavy atom. The molecular weight excluding hydrogens is 420 g/mol. The summed E-state index contributed by atoms with van der Waals surface area (Å²) in [5, 5.41) is 0. The van der Waals surface area contributed by atoms with Gasteiger partial charge in [0.25, 0.3) is 5.91 Å². The van der Waals surface area contributed by atoms with Crippen LogP contribution in [0.15, 0.2) is 64.0 Å². The molecule has 0 radical (unpaired) electrons. The van der Waals surface area contributed by atoms with Crippen molar-refractivity contribution in [2.75, 3.05) is 32.8 Å². The number of sulfonamides is 1. The largest absolute Gasteiger partial charge is 0.484 e. The number of hydrogen-bond donors (Lipinski definition) is 0. The van der Waals surface area contributed by atoms with Crippen molar-refractivity contribution in [1.29, 1.82) is 0 Å². The summed E-state index contributed by atoms with van der Waals surface area (Å²) in [6.45, 7) is 1.19. The van der Waals surface area contributed by atoms with Crippen LogP contribution in [-0.2, 0) is 14.8 Å². The van der Waals surface area contributed by atoms with Crippen molar-refractivity contribution in [3.05, 3.63) is 59.1 Å². The number of benzene rings is 2. The van der Waals surface area contributed by atoms with E-state index in [1.807, 2.05) is 18.2 Å². The zero-order valence-corrected chi connectivity index (χ0v) is 16.4. The highest BCUT2D eigenvalue weighted by Gasteiger charge is 2.30. The van der Waals surface area contributed by atoms with Crippen LogP contribution >= 0.6 is 15.9 Å². The smallest absolute Gasteiger partial charge is 0.260 e. The van der Waals surface area contributed by atoms with E-state index in [2.05, 4.69) is 15.9 Å². The van der Waals surface area contributed by atoms with Gasteiger partial charge < -0.3 is 9.64 Å². The lowest BCUT2D eigenvalue weighted by Gasteiger charge is -2.34. The number of piperazine rings is 1. The van der Waals surface area contributed by atoms with E-state index in [1.54, 1.807) is 41.3 Å². The third-order valence-corrected chi connectivity index (χ3v) is 6.52. The molecule has 0 unspecified atom stereocenters. The van der Waals surface area contributed by atoms with Gasteiger partial charge in [-0.3, -0.25) is 4.79 Å². The number of carbonyl (C=O) groups is 1. The molecule has 3 rings (SSSR count). The van der Waals surface area contributed by atoms with E-state index >= 15 is 0 Å². The average molecular weight is 439 g/mol. The summed E-state index contributed by atoms with van der Waals surface area (Å²) in [6.07, 6.45) is 0. The molecule has 1 aliphatic heterocycles. The molecule has 1 saturated heterocycles. The fraction of sp³-hybridized carbons (Fsp3) is 0.278. The molecule has 2 aromatic carbocycles. The summed E-state index contributed by atoms with van der Waals surface area (Å²) >= 11 is 3.29. The number of amides is 1. The van der Waals surface area contributed by atoms with Crippen LogP contribution in [0.25, 0.3) is 0 Å². The van der Waals surface area contributed by atoms with Gasteiger partial charge in [-0.15, -0.1) is 0 Å². The van der Waals surface area contributed by atoms with Crippen molar-refractivity contribution in [3.63, 3.8) is 0 Å². The van der Waals surface area contributed by atoms with Crippen molar-refractivity contribution in [2.45, 2.75) is 4.90 Å². The van der Waals surface area contributed by atoms with Gasteiger partial charge in [-0.2, -0.15) is 4.31 Å². The highest BCUT2D eigenvalue weighted by atomic mass is 79.9. The SMILES string of the molecule is O=C(COc1ccccc1)N1CCN(S(=O)(=O)c2cccc(Br)c2)CC1. The number of carbonyl (C=O) groups excluding carboxylic acids is 1. The number of rotatable bonds is 5. The van der Waals surface area contributed by atoms with Gasteiger partial charge in [-0.25, -0.2) is 8.42 Å². The van der Waals surface area contributed by atoms with Crippen LogP contribution in [0.5, 0.6) is 5.75 Å². The maximum Gasteiger partial charge on any atom is 0.260 e. The maximum atomic E-state index is 12.7. The fourth-order valence-electron chi connectivity index (χ4n) is 2.71. The second-order valence-electron chi connectivity index (χ2n) is 5.84. The molecule has 1 fully saturated rings. The van der Waals surface area contributed by atoms with Crippen molar-refractivity contribution in [1.82, 2.24) is 9.21 Å². The Bertz CT molecular complexity index is 866. The zero-order valence-electron chi connectivity index (χ0n) is 14.0. The van der Waals surface area contributed by atoms with Crippen molar-refractivity contribution in [3.8, 4) is 5.75 Å². The van der Waals surface area contributed by atoms with Gasteiger partial charge in [0.2, 0.25) is 10.0 Å².